The predicted octanol–water partition coefficient (Wildman–Crippen LogP) is 3.37. The minimum absolute atomic E-state index is 0.349. The molecule has 3 N–H and O–H groups in total. The Morgan fingerprint density at radius 3 is 2.50 bits per heavy atom. The number of halogens is 3. The molecule has 1 amide bonds. The van der Waals surface area contributed by atoms with Crippen molar-refractivity contribution in [1.82, 2.24) is 0 Å². The third-order valence-corrected chi connectivity index (χ3v) is 3.41. The maximum Gasteiger partial charge on any atom is 0.244 e. The Balaban J connectivity index is 2.37. The lowest BCUT2D eigenvalue weighted by Gasteiger charge is -2.18. The largest absolute Gasteiger partial charge is 0.370 e. The first kappa shape index (κ1) is 14.5. The third kappa shape index (κ3) is 3.33. The molecule has 0 spiro atoms. The first-order chi connectivity index (χ1) is 9.47. The van der Waals surface area contributed by atoms with Gasteiger partial charge in [-0.15, -0.1) is 0 Å². The van der Waals surface area contributed by atoms with E-state index >= 15 is 0 Å². The van der Waals surface area contributed by atoms with Crippen molar-refractivity contribution in [3.63, 3.8) is 0 Å². The number of hydrogen-bond donors (Lipinski definition) is 2. The fourth-order valence-corrected chi connectivity index (χ4v) is 2.26. The Kier molecular flexibility index (Phi) is 4.34. The highest BCUT2D eigenvalue weighted by Gasteiger charge is 2.21. The van der Waals surface area contributed by atoms with Crippen LogP contribution in [0.5, 0.6) is 0 Å². The van der Waals surface area contributed by atoms with Crippen LogP contribution in [-0.2, 0) is 4.79 Å². The van der Waals surface area contributed by atoms with Gasteiger partial charge in [-0.1, -0.05) is 22.0 Å². The zero-order valence-electron chi connectivity index (χ0n) is 10.2. The molecule has 6 heteroatoms. The van der Waals surface area contributed by atoms with Crippen LogP contribution in [-0.4, -0.2) is 5.91 Å². The van der Waals surface area contributed by atoms with E-state index in [2.05, 4.69) is 21.2 Å². The van der Waals surface area contributed by atoms with Crippen LogP contribution in [0.25, 0.3) is 0 Å². The minimum atomic E-state index is -0.970. The number of carbonyl (C=O) groups excluding carboxylic acids is 1. The lowest BCUT2D eigenvalue weighted by atomic mass is 10.1. The van der Waals surface area contributed by atoms with Crippen molar-refractivity contribution >= 4 is 27.5 Å². The average Bonchev–Trinajstić information content (AvgIpc) is 2.39. The van der Waals surface area contributed by atoms with E-state index in [1.165, 1.54) is 36.4 Å². The van der Waals surface area contributed by atoms with Crippen molar-refractivity contribution < 1.29 is 13.6 Å². The molecule has 0 fully saturated rings. The smallest absolute Gasteiger partial charge is 0.244 e. The first-order valence-corrected chi connectivity index (χ1v) is 6.53. The van der Waals surface area contributed by atoms with Crippen LogP contribution >= 0.6 is 15.9 Å². The zero-order valence-corrected chi connectivity index (χ0v) is 11.8. The summed E-state index contributed by atoms with van der Waals surface area (Å²) in [5.74, 6) is -1.63. The summed E-state index contributed by atoms with van der Waals surface area (Å²) in [5, 5.41) is 2.79. The van der Waals surface area contributed by atoms with Crippen molar-refractivity contribution in [3.05, 3.63) is 64.1 Å². The van der Waals surface area contributed by atoms with Gasteiger partial charge in [0.2, 0.25) is 5.91 Å². The molecule has 3 nitrogen and oxygen atoms in total. The lowest BCUT2D eigenvalue weighted by molar-refractivity contribution is -0.118. The molecule has 0 heterocycles. The highest BCUT2D eigenvalue weighted by molar-refractivity contribution is 9.10. The topological polar surface area (TPSA) is 55.1 Å². The maximum atomic E-state index is 13.3. The van der Waals surface area contributed by atoms with E-state index in [1.807, 2.05) is 0 Å². The van der Waals surface area contributed by atoms with Gasteiger partial charge >= 0.3 is 0 Å². The molecule has 104 valence electrons. The molecule has 0 saturated carbocycles. The van der Waals surface area contributed by atoms with Crippen molar-refractivity contribution in [1.29, 1.82) is 0 Å². The highest BCUT2D eigenvalue weighted by Crippen LogP contribution is 2.27. The van der Waals surface area contributed by atoms with Crippen LogP contribution in [0.2, 0.25) is 0 Å². The van der Waals surface area contributed by atoms with E-state index in [1.54, 1.807) is 6.07 Å². The van der Waals surface area contributed by atoms with E-state index in [0.717, 1.165) is 0 Å². The van der Waals surface area contributed by atoms with Crippen LogP contribution in [0.1, 0.15) is 11.6 Å². The van der Waals surface area contributed by atoms with Gasteiger partial charge in [0.15, 0.2) is 0 Å². The lowest BCUT2D eigenvalue weighted by Crippen LogP contribution is -2.28. The normalized spacial score (nSPS) is 11.9. The molecule has 0 bridgehead atoms. The molecule has 0 aliphatic carbocycles. The number of carbonyl (C=O) groups is 1. The molecular formula is C14H11BrF2N2O. The molecular weight excluding hydrogens is 330 g/mol. The van der Waals surface area contributed by atoms with Gasteiger partial charge in [-0.2, -0.15) is 0 Å². The number of amides is 1. The number of nitrogens with two attached hydrogens (primary N) is 1. The van der Waals surface area contributed by atoms with E-state index < -0.39 is 23.6 Å². The van der Waals surface area contributed by atoms with Crippen LogP contribution in [0.15, 0.2) is 46.9 Å². The number of anilines is 1. The summed E-state index contributed by atoms with van der Waals surface area (Å²) in [6.45, 7) is 0. The number of nitrogens with one attached hydrogen (secondary N) is 1. The Labute approximate surface area is 122 Å². The Hall–Kier alpha value is -1.95. The maximum absolute atomic E-state index is 13.3. The molecule has 0 radical (unpaired) electrons. The summed E-state index contributed by atoms with van der Waals surface area (Å²) in [6.07, 6.45) is 0. The fraction of sp³-hybridized carbons (Fsp3) is 0.0714. The second-order valence-electron chi connectivity index (χ2n) is 4.16. The number of benzene rings is 2. The Morgan fingerprint density at radius 1 is 1.15 bits per heavy atom. The Morgan fingerprint density at radius 2 is 1.85 bits per heavy atom. The quantitative estimate of drug-likeness (QED) is 0.896. The third-order valence-electron chi connectivity index (χ3n) is 2.69. The molecule has 0 aliphatic rings. The summed E-state index contributed by atoms with van der Waals surface area (Å²) >= 11 is 3.24. The van der Waals surface area contributed by atoms with E-state index in [0.29, 0.717) is 15.7 Å². The molecule has 1 atom stereocenters. The standard InChI is InChI=1S/C14H11BrF2N2O/c15-12-5-4-9(17)7-11(12)13(14(18)20)19-10-3-1-2-8(16)6-10/h1-7,13,19H,(H2,18,20). The number of rotatable bonds is 4. The molecule has 0 aliphatic heterocycles. The molecule has 2 rings (SSSR count). The molecule has 2 aromatic carbocycles. The minimum Gasteiger partial charge on any atom is -0.370 e. The second kappa shape index (κ2) is 6.00. The van der Waals surface area contributed by atoms with Crippen LogP contribution in [0.3, 0.4) is 0 Å². The van der Waals surface area contributed by atoms with Crippen molar-refractivity contribution in [3.8, 4) is 0 Å². The molecule has 0 aromatic heterocycles. The summed E-state index contributed by atoms with van der Waals surface area (Å²) < 4.78 is 27.0. The average molecular weight is 341 g/mol. The van der Waals surface area contributed by atoms with Crippen molar-refractivity contribution in [2.75, 3.05) is 5.32 Å². The predicted molar refractivity (Wildman–Crippen MR) is 76.1 cm³/mol. The highest BCUT2D eigenvalue weighted by atomic mass is 79.9. The molecule has 2 aromatic rings. The van der Waals surface area contributed by atoms with Gasteiger partial charge in [0.05, 0.1) is 0 Å². The van der Waals surface area contributed by atoms with E-state index in [-0.39, 0.29) is 0 Å². The molecule has 0 saturated heterocycles. The summed E-state index contributed by atoms with van der Waals surface area (Å²) in [7, 11) is 0. The zero-order chi connectivity index (χ0) is 14.7. The van der Waals surface area contributed by atoms with Gasteiger partial charge in [0, 0.05) is 15.7 Å². The van der Waals surface area contributed by atoms with Gasteiger partial charge in [0.25, 0.3) is 0 Å². The van der Waals surface area contributed by atoms with Gasteiger partial charge in [-0.25, -0.2) is 8.78 Å². The monoisotopic (exact) mass is 340 g/mol. The Bertz CT molecular complexity index is 649. The van der Waals surface area contributed by atoms with Crippen LogP contribution in [0.4, 0.5) is 14.5 Å². The summed E-state index contributed by atoms with van der Waals surface area (Å²) in [4.78, 5) is 11.6. The summed E-state index contributed by atoms with van der Waals surface area (Å²) in [6, 6.07) is 8.56. The SMILES string of the molecule is NC(=O)C(Nc1cccc(F)c1)c1cc(F)ccc1Br. The molecule has 1 unspecified atom stereocenters. The number of hydrogen-bond acceptors (Lipinski definition) is 2. The van der Waals surface area contributed by atoms with Crippen LogP contribution in [0, 0.1) is 11.6 Å². The van der Waals surface area contributed by atoms with Crippen molar-refractivity contribution in [2.45, 2.75) is 6.04 Å². The fourth-order valence-electron chi connectivity index (χ4n) is 1.78. The van der Waals surface area contributed by atoms with Gasteiger partial charge < -0.3 is 11.1 Å². The number of primary amides is 1. The van der Waals surface area contributed by atoms with Crippen molar-refractivity contribution in [2.24, 2.45) is 5.73 Å². The van der Waals surface area contributed by atoms with Gasteiger partial charge in [0.1, 0.15) is 17.7 Å². The van der Waals surface area contributed by atoms with Gasteiger partial charge in [-0.3, -0.25) is 4.79 Å². The summed E-state index contributed by atoms with van der Waals surface area (Å²) in [5.41, 5.74) is 6.06. The second-order valence-corrected chi connectivity index (χ2v) is 5.01. The van der Waals surface area contributed by atoms with E-state index in [4.69, 9.17) is 5.73 Å². The first-order valence-electron chi connectivity index (χ1n) is 5.74. The molecule has 20 heavy (non-hydrogen) atoms. The van der Waals surface area contributed by atoms with Crippen LogP contribution < -0.4 is 11.1 Å². The van der Waals surface area contributed by atoms with E-state index in [9.17, 15) is 13.6 Å². The van der Waals surface area contributed by atoms with Gasteiger partial charge in [-0.05, 0) is 36.4 Å².